The monoisotopic (exact) mass is 497 g/mol. The summed E-state index contributed by atoms with van der Waals surface area (Å²) in [5.74, 6) is -0.127. The van der Waals surface area contributed by atoms with Crippen LogP contribution in [0.15, 0.2) is 47.4 Å². The molecule has 35 heavy (non-hydrogen) atoms. The third-order valence-electron chi connectivity index (χ3n) is 7.18. The van der Waals surface area contributed by atoms with E-state index in [0.29, 0.717) is 49.5 Å². The minimum absolute atomic E-state index is 0.0553. The lowest BCUT2D eigenvalue weighted by atomic mass is 9.94. The highest BCUT2D eigenvalue weighted by Gasteiger charge is 2.36. The van der Waals surface area contributed by atoms with E-state index in [4.69, 9.17) is 0 Å². The van der Waals surface area contributed by atoms with Gasteiger partial charge in [-0.05, 0) is 69.7 Å². The van der Waals surface area contributed by atoms with E-state index in [1.54, 1.807) is 12.1 Å². The largest absolute Gasteiger partial charge is 0.349 e. The number of hydrogen-bond donors (Lipinski definition) is 1. The fraction of sp³-hybridized carbons (Fsp3) is 0.481. The molecule has 0 aliphatic carbocycles. The number of carbonyl (C=O) groups excluding carboxylic acids is 2. The van der Waals surface area contributed by atoms with Crippen molar-refractivity contribution in [3.8, 4) is 0 Å². The van der Waals surface area contributed by atoms with Gasteiger partial charge >= 0.3 is 0 Å². The Morgan fingerprint density at radius 3 is 2.00 bits per heavy atom. The van der Waals surface area contributed by atoms with Crippen molar-refractivity contribution < 1.29 is 18.0 Å². The average molecular weight is 498 g/mol. The zero-order valence-corrected chi connectivity index (χ0v) is 21.6. The van der Waals surface area contributed by atoms with E-state index >= 15 is 0 Å². The summed E-state index contributed by atoms with van der Waals surface area (Å²) in [6.45, 7) is 7.58. The van der Waals surface area contributed by atoms with E-state index < -0.39 is 10.0 Å². The number of nitrogens with one attached hydrogen (secondary N) is 1. The number of rotatable bonds is 5. The second-order valence-electron chi connectivity index (χ2n) is 9.85. The van der Waals surface area contributed by atoms with Crippen molar-refractivity contribution >= 4 is 21.8 Å². The van der Waals surface area contributed by atoms with Gasteiger partial charge in [0.05, 0.1) is 4.90 Å². The quantitative estimate of drug-likeness (QED) is 0.686. The molecule has 2 aliphatic heterocycles. The molecule has 7 nitrogen and oxygen atoms in total. The number of amides is 2. The van der Waals surface area contributed by atoms with Crippen molar-refractivity contribution in [1.82, 2.24) is 14.5 Å². The first-order valence-electron chi connectivity index (χ1n) is 12.4. The highest BCUT2D eigenvalue weighted by Crippen LogP contribution is 2.30. The van der Waals surface area contributed by atoms with Crippen molar-refractivity contribution in [1.29, 1.82) is 0 Å². The van der Waals surface area contributed by atoms with Crippen LogP contribution >= 0.6 is 0 Å². The molecule has 0 saturated carbocycles. The fourth-order valence-corrected chi connectivity index (χ4v) is 7.29. The van der Waals surface area contributed by atoms with Gasteiger partial charge in [0.1, 0.15) is 0 Å². The zero-order valence-electron chi connectivity index (χ0n) is 20.8. The molecule has 2 amide bonds. The summed E-state index contributed by atoms with van der Waals surface area (Å²) < 4.78 is 28.2. The van der Waals surface area contributed by atoms with Gasteiger partial charge in [-0.2, -0.15) is 4.31 Å². The summed E-state index contributed by atoms with van der Waals surface area (Å²) in [7, 11) is -3.59. The number of nitrogens with zero attached hydrogens (tertiary/aromatic N) is 2. The highest BCUT2D eigenvalue weighted by atomic mass is 32.2. The molecule has 2 aromatic carbocycles. The fourth-order valence-electron chi connectivity index (χ4n) is 5.41. The standard InChI is InChI=1S/C27H35N3O4S/c1-19-17-20(2)25(21(3)18-19)35(33,34)30-15-9-23(10-16-30)27(32)29-13-11-24(12-14-29)28-26(31)22-7-5-4-6-8-22/h4-8,17-18,23-24H,9-16H2,1-3H3,(H,28,31). The number of benzene rings is 2. The lowest BCUT2D eigenvalue weighted by Gasteiger charge is -2.37. The van der Waals surface area contributed by atoms with Crippen LogP contribution in [0, 0.1) is 26.7 Å². The molecule has 0 unspecified atom stereocenters. The van der Waals surface area contributed by atoms with Gasteiger partial charge in [-0.3, -0.25) is 9.59 Å². The Balaban J connectivity index is 1.29. The van der Waals surface area contributed by atoms with Crippen molar-refractivity contribution in [2.24, 2.45) is 5.92 Å². The van der Waals surface area contributed by atoms with Crippen LogP contribution in [-0.2, 0) is 14.8 Å². The Bertz CT molecular complexity index is 1160. The number of aryl methyl sites for hydroxylation is 3. The van der Waals surface area contributed by atoms with E-state index in [0.717, 1.165) is 29.5 Å². The second kappa shape index (κ2) is 10.5. The molecule has 2 heterocycles. The number of carbonyl (C=O) groups is 2. The topological polar surface area (TPSA) is 86.8 Å². The molecule has 0 radical (unpaired) electrons. The van der Waals surface area contributed by atoms with Gasteiger partial charge in [0.25, 0.3) is 5.91 Å². The van der Waals surface area contributed by atoms with E-state index in [1.807, 2.05) is 56.0 Å². The minimum atomic E-state index is -3.59. The van der Waals surface area contributed by atoms with Crippen molar-refractivity contribution in [3.63, 3.8) is 0 Å². The maximum Gasteiger partial charge on any atom is 0.251 e. The molecule has 8 heteroatoms. The van der Waals surface area contributed by atoms with Gasteiger partial charge in [0, 0.05) is 43.7 Å². The number of likely N-dealkylation sites (tertiary alicyclic amines) is 1. The lowest BCUT2D eigenvalue weighted by Crippen LogP contribution is -2.50. The Morgan fingerprint density at radius 1 is 0.857 bits per heavy atom. The van der Waals surface area contributed by atoms with Crippen LogP contribution in [-0.4, -0.2) is 61.7 Å². The van der Waals surface area contributed by atoms with E-state index in [-0.39, 0.29) is 23.8 Å². The third-order valence-corrected chi connectivity index (χ3v) is 9.39. The van der Waals surface area contributed by atoms with Crippen LogP contribution in [0.4, 0.5) is 0 Å². The Hall–Kier alpha value is -2.71. The van der Waals surface area contributed by atoms with E-state index in [9.17, 15) is 18.0 Å². The van der Waals surface area contributed by atoms with Crippen LogP contribution in [0.5, 0.6) is 0 Å². The summed E-state index contributed by atoms with van der Waals surface area (Å²) >= 11 is 0. The first-order valence-corrected chi connectivity index (χ1v) is 13.8. The SMILES string of the molecule is Cc1cc(C)c(S(=O)(=O)N2CCC(C(=O)N3CCC(NC(=O)c4ccccc4)CC3)CC2)c(C)c1. The molecule has 0 bridgehead atoms. The molecule has 2 aliphatic rings. The summed E-state index contributed by atoms with van der Waals surface area (Å²) in [6.07, 6.45) is 2.52. The molecule has 2 fully saturated rings. The maximum absolute atomic E-state index is 13.3. The predicted molar refractivity (Wildman–Crippen MR) is 136 cm³/mol. The van der Waals surface area contributed by atoms with E-state index in [1.165, 1.54) is 4.31 Å². The van der Waals surface area contributed by atoms with Crippen LogP contribution in [0.25, 0.3) is 0 Å². The smallest absolute Gasteiger partial charge is 0.251 e. The van der Waals surface area contributed by atoms with Gasteiger partial charge in [-0.15, -0.1) is 0 Å². The summed E-state index contributed by atoms with van der Waals surface area (Å²) in [6, 6.07) is 13.0. The van der Waals surface area contributed by atoms with Gasteiger partial charge in [-0.25, -0.2) is 8.42 Å². The summed E-state index contributed by atoms with van der Waals surface area (Å²) in [4.78, 5) is 27.8. The summed E-state index contributed by atoms with van der Waals surface area (Å²) in [5, 5.41) is 3.07. The number of piperidine rings is 2. The molecule has 0 aromatic heterocycles. The minimum Gasteiger partial charge on any atom is -0.349 e. The second-order valence-corrected chi connectivity index (χ2v) is 11.7. The first kappa shape index (κ1) is 25.4. The van der Waals surface area contributed by atoms with Crippen LogP contribution in [0.1, 0.15) is 52.7 Å². The zero-order chi connectivity index (χ0) is 25.2. The molecular formula is C27H35N3O4S. The number of hydrogen-bond acceptors (Lipinski definition) is 4. The molecular weight excluding hydrogens is 462 g/mol. The summed E-state index contributed by atoms with van der Waals surface area (Å²) in [5.41, 5.74) is 3.22. The van der Waals surface area contributed by atoms with Gasteiger partial charge in [0.15, 0.2) is 0 Å². The van der Waals surface area contributed by atoms with Gasteiger partial charge < -0.3 is 10.2 Å². The molecule has 2 saturated heterocycles. The first-order chi connectivity index (χ1) is 16.7. The van der Waals surface area contributed by atoms with Gasteiger partial charge in [-0.1, -0.05) is 35.9 Å². The van der Waals surface area contributed by atoms with E-state index in [2.05, 4.69) is 5.32 Å². The Kier molecular flexibility index (Phi) is 7.62. The Labute approximate surface area is 208 Å². The van der Waals surface area contributed by atoms with Crippen molar-refractivity contribution in [2.75, 3.05) is 26.2 Å². The molecule has 1 N–H and O–H groups in total. The average Bonchev–Trinajstić information content (AvgIpc) is 2.84. The van der Waals surface area contributed by atoms with Gasteiger partial charge in [0.2, 0.25) is 15.9 Å². The predicted octanol–water partition coefficient (Wildman–Crippen LogP) is 3.43. The number of sulfonamides is 1. The van der Waals surface area contributed by atoms with Crippen LogP contribution < -0.4 is 5.32 Å². The molecule has 2 aromatic rings. The molecule has 0 spiro atoms. The molecule has 0 atom stereocenters. The molecule has 4 rings (SSSR count). The third kappa shape index (κ3) is 5.59. The molecule has 188 valence electrons. The lowest BCUT2D eigenvalue weighted by molar-refractivity contribution is -0.137. The maximum atomic E-state index is 13.3. The van der Waals surface area contributed by atoms with Crippen molar-refractivity contribution in [2.45, 2.75) is 57.4 Å². The normalized spacial score (nSPS) is 18.4. The van der Waals surface area contributed by atoms with Crippen molar-refractivity contribution in [3.05, 3.63) is 64.7 Å². The Morgan fingerprint density at radius 2 is 1.43 bits per heavy atom. The van der Waals surface area contributed by atoms with Crippen LogP contribution in [0.2, 0.25) is 0 Å². The highest BCUT2D eigenvalue weighted by molar-refractivity contribution is 7.89. The van der Waals surface area contributed by atoms with Crippen LogP contribution in [0.3, 0.4) is 0 Å².